The van der Waals surface area contributed by atoms with Crippen molar-refractivity contribution in [3.05, 3.63) is 64.1 Å². The van der Waals surface area contributed by atoms with Crippen LogP contribution in [-0.2, 0) is 32.5 Å². The van der Waals surface area contributed by atoms with Crippen molar-refractivity contribution in [2.24, 2.45) is 0 Å². The molecular weight excluding hydrogens is 349 g/mol. The highest BCUT2D eigenvalue weighted by Gasteiger charge is 2.20. The number of aryl methyl sites for hydroxylation is 2. The van der Waals surface area contributed by atoms with Crippen LogP contribution in [-0.4, -0.2) is 34.6 Å². The maximum absolute atomic E-state index is 12.7. The predicted octanol–water partition coefficient (Wildman–Crippen LogP) is 4.43. The van der Waals surface area contributed by atoms with Crippen LogP contribution in [0.25, 0.3) is 10.9 Å². The fraction of sp³-hybridized carbons (Fsp3) is 0.381. The van der Waals surface area contributed by atoms with Gasteiger partial charge in [0.1, 0.15) is 6.67 Å². The summed E-state index contributed by atoms with van der Waals surface area (Å²) in [5.74, 6) is 0. The van der Waals surface area contributed by atoms with Gasteiger partial charge in [-0.1, -0.05) is 17.7 Å². The molecule has 4 rings (SSSR count). The smallest absolute Gasteiger partial charge is 0.131 e. The zero-order chi connectivity index (χ0) is 18.1. The standard InChI is InChI=1S/C21H23ClFN3/c1-25-9-7-18-19-12-16(22)3-5-20(19)26(21(18)8-10-25)11-6-15-2-4-17(13-23)24-14-15/h2-5,12,14H,6-11,13H2,1H3. The number of halogens is 2. The normalized spacial score (nSPS) is 15.2. The van der Waals surface area contributed by atoms with E-state index >= 15 is 0 Å². The second-order valence-corrected chi connectivity index (χ2v) is 7.52. The molecular formula is C21H23ClFN3. The highest BCUT2D eigenvalue weighted by atomic mass is 35.5. The Labute approximate surface area is 158 Å². The summed E-state index contributed by atoms with van der Waals surface area (Å²) in [4.78, 5) is 6.56. The lowest BCUT2D eigenvalue weighted by Gasteiger charge is -2.14. The van der Waals surface area contributed by atoms with Crippen molar-refractivity contribution in [2.75, 3.05) is 20.1 Å². The Bertz CT molecular complexity index is 917. The lowest BCUT2D eigenvalue weighted by molar-refractivity contribution is 0.351. The number of pyridine rings is 1. The van der Waals surface area contributed by atoms with Crippen LogP contribution in [0.5, 0.6) is 0 Å². The SMILES string of the molecule is CN1CCc2c(n(CCc3ccc(CF)nc3)c3ccc(Cl)cc23)CC1. The molecule has 0 spiro atoms. The van der Waals surface area contributed by atoms with Crippen molar-refractivity contribution in [1.82, 2.24) is 14.5 Å². The molecule has 2 aromatic heterocycles. The minimum Gasteiger partial charge on any atom is -0.344 e. The van der Waals surface area contributed by atoms with Crippen LogP contribution >= 0.6 is 11.6 Å². The van der Waals surface area contributed by atoms with E-state index in [-0.39, 0.29) is 0 Å². The molecule has 136 valence electrons. The van der Waals surface area contributed by atoms with E-state index in [1.54, 1.807) is 12.3 Å². The Morgan fingerprint density at radius 1 is 1.15 bits per heavy atom. The summed E-state index contributed by atoms with van der Waals surface area (Å²) >= 11 is 6.28. The largest absolute Gasteiger partial charge is 0.344 e. The van der Waals surface area contributed by atoms with Gasteiger partial charge in [0, 0.05) is 53.9 Å². The van der Waals surface area contributed by atoms with E-state index in [2.05, 4.69) is 33.6 Å². The molecule has 0 atom stereocenters. The Morgan fingerprint density at radius 2 is 2.00 bits per heavy atom. The molecule has 1 aliphatic heterocycles. The zero-order valence-electron chi connectivity index (χ0n) is 15.0. The average molecular weight is 372 g/mol. The van der Waals surface area contributed by atoms with Gasteiger partial charge in [0.2, 0.25) is 0 Å². The maximum atomic E-state index is 12.7. The van der Waals surface area contributed by atoms with Gasteiger partial charge >= 0.3 is 0 Å². The lowest BCUT2D eigenvalue weighted by Crippen LogP contribution is -2.21. The van der Waals surface area contributed by atoms with Gasteiger partial charge in [-0.2, -0.15) is 0 Å². The summed E-state index contributed by atoms with van der Waals surface area (Å²) in [5, 5.41) is 2.08. The molecule has 0 saturated heterocycles. The number of aromatic nitrogens is 2. The Hall–Kier alpha value is -1.91. The second kappa shape index (κ2) is 7.37. The molecule has 26 heavy (non-hydrogen) atoms. The third kappa shape index (κ3) is 3.36. The van der Waals surface area contributed by atoms with Crippen LogP contribution in [0, 0.1) is 0 Å². The molecule has 5 heteroatoms. The fourth-order valence-corrected chi connectivity index (χ4v) is 4.08. The highest BCUT2D eigenvalue weighted by Crippen LogP contribution is 2.31. The monoisotopic (exact) mass is 371 g/mol. The van der Waals surface area contributed by atoms with Crippen LogP contribution in [0.1, 0.15) is 22.5 Å². The van der Waals surface area contributed by atoms with Crippen molar-refractivity contribution in [1.29, 1.82) is 0 Å². The summed E-state index contributed by atoms with van der Waals surface area (Å²) in [6.07, 6.45) is 4.79. The summed E-state index contributed by atoms with van der Waals surface area (Å²) in [5.41, 5.74) is 5.76. The molecule has 0 fully saturated rings. The predicted molar refractivity (Wildman–Crippen MR) is 105 cm³/mol. The van der Waals surface area contributed by atoms with Crippen LogP contribution < -0.4 is 0 Å². The van der Waals surface area contributed by atoms with Gasteiger partial charge < -0.3 is 9.47 Å². The molecule has 0 N–H and O–H groups in total. The van der Waals surface area contributed by atoms with Gasteiger partial charge in [-0.3, -0.25) is 4.98 Å². The first-order chi connectivity index (χ1) is 12.7. The number of alkyl halides is 1. The molecule has 0 saturated carbocycles. The number of benzene rings is 1. The van der Waals surface area contributed by atoms with Crippen molar-refractivity contribution < 1.29 is 4.39 Å². The fourth-order valence-electron chi connectivity index (χ4n) is 3.90. The number of hydrogen-bond acceptors (Lipinski definition) is 2. The van der Waals surface area contributed by atoms with Crippen molar-refractivity contribution in [3.63, 3.8) is 0 Å². The number of rotatable bonds is 4. The van der Waals surface area contributed by atoms with E-state index in [9.17, 15) is 4.39 Å². The number of hydrogen-bond donors (Lipinski definition) is 0. The van der Waals surface area contributed by atoms with E-state index in [0.29, 0.717) is 5.69 Å². The summed E-state index contributed by atoms with van der Waals surface area (Å²) < 4.78 is 15.1. The molecule has 3 aromatic rings. The zero-order valence-corrected chi connectivity index (χ0v) is 15.8. The van der Waals surface area contributed by atoms with E-state index in [1.165, 1.54) is 22.2 Å². The van der Waals surface area contributed by atoms with Crippen LogP contribution in [0.4, 0.5) is 4.39 Å². The Morgan fingerprint density at radius 3 is 2.77 bits per heavy atom. The first-order valence-electron chi connectivity index (χ1n) is 9.13. The van der Waals surface area contributed by atoms with Crippen LogP contribution in [0.15, 0.2) is 36.5 Å². The molecule has 1 aliphatic rings. The second-order valence-electron chi connectivity index (χ2n) is 7.08. The van der Waals surface area contributed by atoms with Gasteiger partial charge in [-0.05, 0) is 55.3 Å². The van der Waals surface area contributed by atoms with Gasteiger partial charge in [0.15, 0.2) is 0 Å². The third-order valence-electron chi connectivity index (χ3n) is 5.37. The molecule has 0 bridgehead atoms. The first-order valence-corrected chi connectivity index (χ1v) is 9.51. The maximum Gasteiger partial charge on any atom is 0.131 e. The Balaban J connectivity index is 1.69. The van der Waals surface area contributed by atoms with Gasteiger partial charge in [-0.25, -0.2) is 4.39 Å². The first kappa shape index (κ1) is 17.5. The summed E-state index contributed by atoms with van der Waals surface area (Å²) in [7, 11) is 2.18. The van der Waals surface area contributed by atoms with E-state index < -0.39 is 6.67 Å². The lowest BCUT2D eigenvalue weighted by atomic mass is 10.1. The van der Waals surface area contributed by atoms with E-state index in [4.69, 9.17) is 11.6 Å². The molecule has 0 unspecified atom stereocenters. The van der Waals surface area contributed by atoms with Gasteiger partial charge in [0.05, 0.1) is 5.69 Å². The minimum atomic E-state index is -0.510. The van der Waals surface area contributed by atoms with Gasteiger partial charge in [-0.15, -0.1) is 0 Å². The van der Waals surface area contributed by atoms with Crippen LogP contribution in [0.3, 0.4) is 0 Å². The minimum absolute atomic E-state index is 0.492. The quantitative estimate of drug-likeness (QED) is 0.676. The number of nitrogens with zero attached hydrogens (tertiary/aromatic N) is 3. The molecule has 3 nitrogen and oxygen atoms in total. The van der Waals surface area contributed by atoms with Crippen molar-refractivity contribution in [2.45, 2.75) is 32.5 Å². The molecule has 1 aromatic carbocycles. The average Bonchev–Trinajstić information content (AvgIpc) is 2.80. The molecule has 3 heterocycles. The van der Waals surface area contributed by atoms with Crippen molar-refractivity contribution >= 4 is 22.5 Å². The summed E-state index contributed by atoms with van der Waals surface area (Å²) in [6.45, 7) is 2.54. The number of likely N-dealkylation sites (N-methyl/N-ethyl adjacent to an activating group) is 1. The van der Waals surface area contributed by atoms with Gasteiger partial charge in [0.25, 0.3) is 0 Å². The third-order valence-corrected chi connectivity index (χ3v) is 5.60. The van der Waals surface area contributed by atoms with E-state index in [1.807, 2.05) is 12.1 Å². The van der Waals surface area contributed by atoms with Crippen LogP contribution in [0.2, 0.25) is 5.02 Å². The summed E-state index contributed by atoms with van der Waals surface area (Å²) in [6, 6.07) is 9.98. The number of fused-ring (bicyclic) bond motifs is 3. The molecule has 0 amide bonds. The highest BCUT2D eigenvalue weighted by molar-refractivity contribution is 6.31. The molecule has 0 aliphatic carbocycles. The van der Waals surface area contributed by atoms with E-state index in [0.717, 1.165) is 49.5 Å². The Kier molecular flexibility index (Phi) is 4.96. The molecule has 0 radical (unpaired) electrons. The topological polar surface area (TPSA) is 21.1 Å². The van der Waals surface area contributed by atoms with Crippen molar-refractivity contribution in [3.8, 4) is 0 Å².